The van der Waals surface area contributed by atoms with Gasteiger partial charge in [-0.3, -0.25) is 14.3 Å². The van der Waals surface area contributed by atoms with Gasteiger partial charge in [-0.15, -0.1) is 0 Å². The molecule has 1 unspecified atom stereocenters. The van der Waals surface area contributed by atoms with Crippen LogP contribution in [0, 0.1) is 13.8 Å². The second-order valence-corrected chi connectivity index (χ2v) is 6.61. The molecule has 0 bridgehead atoms. The van der Waals surface area contributed by atoms with Crippen LogP contribution in [0.15, 0.2) is 36.5 Å². The molecule has 3 aromatic rings. The zero-order valence-corrected chi connectivity index (χ0v) is 16.0. The van der Waals surface area contributed by atoms with Crippen molar-refractivity contribution >= 4 is 28.5 Å². The lowest BCUT2D eigenvalue weighted by Gasteiger charge is -2.14. The average molecular weight is 368 g/mol. The molecule has 2 aromatic heterocycles. The fraction of sp³-hybridized carbons (Fsp3) is 0.350. The largest absolute Gasteiger partial charge is 0.452 e. The van der Waals surface area contributed by atoms with Crippen molar-refractivity contribution in [3.05, 3.63) is 47.9 Å². The molecule has 7 nitrogen and oxygen atoms in total. The Kier molecular flexibility index (Phi) is 5.30. The summed E-state index contributed by atoms with van der Waals surface area (Å²) in [6.45, 7) is 5.76. The zero-order valence-electron chi connectivity index (χ0n) is 16.0. The molecule has 1 atom stereocenters. The predicted octanol–water partition coefficient (Wildman–Crippen LogP) is 2.95. The number of fused-ring (bicyclic) bond motifs is 1. The van der Waals surface area contributed by atoms with Gasteiger partial charge in [0.2, 0.25) is 0 Å². The van der Waals surface area contributed by atoms with E-state index in [-0.39, 0.29) is 12.3 Å². The number of nitrogens with one attached hydrogen (secondary N) is 1. The lowest BCUT2D eigenvalue weighted by atomic mass is 10.2. The number of aromatic nitrogens is 3. The van der Waals surface area contributed by atoms with Crippen molar-refractivity contribution in [3.63, 3.8) is 0 Å². The summed E-state index contributed by atoms with van der Waals surface area (Å²) in [6.07, 6.45) is 1.27. The van der Waals surface area contributed by atoms with Crippen molar-refractivity contribution in [2.45, 2.75) is 39.8 Å². The second kappa shape index (κ2) is 7.65. The number of aryl methyl sites for hydroxylation is 3. The molecule has 0 saturated heterocycles. The molecule has 7 heteroatoms. The van der Waals surface area contributed by atoms with E-state index in [0.29, 0.717) is 12.2 Å². The first-order valence-corrected chi connectivity index (χ1v) is 8.91. The Balaban J connectivity index is 1.54. The van der Waals surface area contributed by atoms with Crippen LogP contribution in [0.1, 0.15) is 24.7 Å². The molecule has 1 aromatic carbocycles. The van der Waals surface area contributed by atoms with Crippen molar-refractivity contribution in [1.29, 1.82) is 0 Å². The van der Waals surface area contributed by atoms with Crippen LogP contribution in [-0.4, -0.2) is 32.3 Å². The topological polar surface area (TPSA) is 78.2 Å². The van der Waals surface area contributed by atoms with Gasteiger partial charge in [-0.1, -0.05) is 18.2 Å². The average Bonchev–Trinajstić information content (AvgIpc) is 3.16. The van der Waals surface area contributed by atoms with Crippen molar-refractivity contribution in [3.8, 4) is 0 Å². The molecular formula is C20H24N4O3. The lowest BCUT2D eigenvalue weighted by molar-refractivity contribution is -0.153. The summed E-state index contributed by atoms with van der Waals surface area (Å²) in [6, 6.07) is 9.99. The van der Waals surface area contributed by atoms with E-state index in [1.807, 2.05) is 62.0 Å². The summed E-state index contributed by atoms with van der Waals surface area (Å²) < 4.78 is 8.99. The molecule has 0 aliphatic rings. The Morgan fingerprint density at radius 2 is 1.96 bits per heavy atom. The van der Waals surface area contributed by atoms with Crippen LogP contribution < -0.4 is 5.32 Å². The maximum atomic E-state index is 12.3. The number of anilines is 1. The minimum absolute atomic E-state index is 0.196. The minimum Gasteiger partial charge on any atom is -0.452 e. The zero-order chi connectivity index (χ0) is 19.6. The lowest BCUT2D eigenvalue weighted by Crippen LogP contribution is -2.30. The molecule has 0 spiro atoms. The van der Waals surface area contributed by atoms with Crippen LogP contribution in [0.25, 0.3) is 10.9 Å². The fourth-order valence-electron chi connectivity index (χ4n) is 3.04. The van der Waals surface area contributed by atoms with E-state index in [9.17, 15) is 9.59 Å². The number of nitrogens with zero attached hydrogens (tertiary/aromatic N) is 3. The highest BCUT2D eigenvalue weighted by Crippen LogP contribution is 2.19. The van der Waals surface area contributed by atoms with Gasteiger partial charge in [0.15, 0.2) is 6.10 Å². The van der Waals surface area contributed by atoms with Gasteiger partial charge in [0, 0.05) is 25.3 Å². The Bertz CT molecular complexity index is 986. The monoisotopic (exact) mass is 368 g/mol. The Labute approximate surface area is 157 Å². The third kappa shape index (κ3) is 4.02. The van der Waals surface area contributed by atoms with Crippen LogP contribution in [0.4, 0.5) is 5.69 Å². The van der Waals surface area contributed by atoms with E-state index in [1.165, 1.54) is 0 Å². The predicted molar refractivity (Wildman–Crippen MR) is 103 cm³/mol. The summed E-state index contributed by atoms with van der Waals surface area (Å²) in [5.74, 6) is -0.774. The number of carbonyl (C=O) groups is 2. The highest BCUT2D eigenvalue weighted by Gasteiger charge is 2.20. The number of hydrogen-bond acceptors (Lipinski definition) is 4. The van der Waals surface area contributed by atoms with Gasteiger partial charge in [0.1, 0.15) is 0 Å². The van der Waals surface area contributed by atoms with Crippen molar-refractivity contribution in [2.75, 3.05) is 5.32 Å². The van der Waals surface area contributed by atoms with Crippen molar-refractivity contribution in [2.24, 2.45) is 7.05 Å². The minimum atomic E-state index is -0.877. The molecule has 0 aliphatic heterocycles. The van der Waals surface area contributed by atoms with Crippen molar-refractivity contribution in [1.82, 2.24) is 14.3 Å². The molecule has 3 rings (SSSR count). The third-order valence-corrected chi connectivity index (χ3v) is 4.67. The smallest absolute Gasteiger partial charge is 0.308 e. The summed E-state index contributed by atoms with van der Waals surface area (Å²) in [5.41, 5.74) is 3.29. The molecule has 1 N–H and O–H groups in total. The standard InChI is InChI=1S/C20H24N4O3/c1-13-19(14(2)23(4)22-13)21-20(26)15(3)27-18(25)10-12-24-11-9-16-7-5-6-8-17(16)24/h5-9,11,15H,10,12H2,1-4H3,(H,21,26). The Morgan fingerprint density at radius 1 is 1.22 bits per heavy atom. The third-order valence-electron chi connectivity index (χ3n) is 4.67. The van der Waals surface area contributed by atoms with Gasteiger partial charge in [-0.05, 0) is 38.3 Å². The fourth-order valence-corrected chi connectivity index (χ4v) is 3.04. The molecule has 142 valence electrons. The molecule has 0 fully saturated rings. The van der Waals surface area contributed by atoms with Gasteiger partial charge in [-0.25, -0.2) is 0 Å². The SMILES string of the molecule is Cc1nn(C)c(C)c1NC(=O)C(C)OC(=O)CCn1ccc2ccccc21. The van der Waals surface area contributed by atoms with Crippen LogP contribution in [-0.2, 0) is 27.9 Å². The normalized spacial score (nSPS) is 12.1. The van der Waals surface area contributed by atoms with Gasteiger partial charge in [-0.2, -0.15) is 5.10 Å². The van der Waals surface area contributed by atoms with Gasteiger partial charge >= 0.3 is 5.97 Å². The van der Waals surface area contributed by atoms with Crippen LogP contribution in [0.3, 0.4) is 0 Å². The summed E-state index contributed by atoms with van der Waals surface area (Å²) in [7, 11) is 1.81. The van der Waals surface area contributed by atoms with Crippen LogP contribution in [0.2, 0.25) is 0 Å². The first-order chi connectivity index (χ1) is 12.9. The number of esters is 1. The van der Waals surface area contributed by atoms with Crippen molar-refractivity contribution < 1.29 is 14.3 Å². The van der Waals surface area contributed by atoms with Gasteiger partial charge in [0.05, 0.1) is 23.5 Å². The van der Waals surface area contributed by atoms with Gasteiger partial charge < -0.3 is 14.6 Å². The van der Waals surface area contributed by atoms with Crippen LogP contribution >= 0.6 is 0 Å². The number of rotatable bonds is 6. The number of amides is 1. The first-order valence-electron chi connectivity index (χ1n) is 8.91. The number of benzene rings is 1. The van der Waals surface area contributed by atoms with Crippen LogP contribution in [0.5, 0.6) is 0 Å². The summed E-state index contributed by atoms with van der Waals surface area (Å²) >= 11 is 0. The van der Waals surface area contributed by atoms with E-state index in [0.717, 1.165) is 22.3 Å². The number of hydrogen-bond donors (Lipinski definition) is 1. The molecular weight excluding hydrogens is 344 g/mol. The molecule has 27 heavy (non-hydrogen) atoms. The first kappa shape index (κ1) is 18.7. The molecule has 0 radical (unpaired) electrons. The molecule has 0 saturated carbocycles. The van der Waals surface area contributed by atoms with E-state index >= 15 is 0 Å². The maximum absolute atomic E-state index is 12.3. The quantitative estimate of drug-likeness (QED) is 0.679. The molecule has 1 amide bonds. The van der Waals surface area contributed by atoms with E-state index in [2.05, 4.69) is 10.4 Å². The number of ether oxygens (including phenoxy) is 1. The van der Waals surface area contributed by atoms with E-state index < -0.39 is 12.1 Å². The van der Waals surface area contributed by atoms with Gasteiger partial charge in [0.25, 0.3) is 5.91 Å². The Morgan fingerprint density at radius 3 is 2.67 bits per heavy atom. The number of carbonyl (C=O) groups excluding carboxylic acids is 2. The highest BCUT2D eigenvalue weighted by molar-refractivity contribution is 5.96. The second-order valence-electron chi connectivity index (χ2n) is 6.61. The van der Waals surface area contributed by atoms with E-state index in [4.69, 9.17) is 4.74 Å². The molecule has 0 aliphatic carbocycles. The summed E-state index contributed by atoms with van der Waals surface area (Å²) in [5, 5.41) is 8.18. The molecule has 2 heterocycles. The summed E-state index contributed by atoms with van der Waals surface area (Å²) in [4.78, 5) is 24.5. The number of para-hydroxylation sites is 1. The Hall–Kier alpha value is -3.09. The highest BCUT2D eigenvalue weighted by atomic mass is 16.5. The maximum Gasteiger partial charge on any atom is 0.308 e. The van der Waals surface area contributed by atoms with E-state index in [1.54, 1.807) is 11.6 Å².